The first kappa shape index (κ1) is 22.7. The molecule has 0 spiro atoms. The number of methoxy groups -OCH3 is 1. The number of hydrogen-bond acceptors (Lipinski definition) is 6. The second-order valence-electron chi connectivity index (χ2n) is 6.65. The highest BCUT2D eigenvalue weighted by Crippen LogP contribution is 2.38. The maximum absolute atomic E-state index is 12.7. The summed E-state index contributed by atoms with van der Waals surface area (Å²) in [6.07, 6.45) is 1.53. The van der Waals surface area contributed by atoms with E-state index in [4.69, 9.17) is 21.1 Å². The van der Waals surface area contributed by atoms with E-state index in [-0.39, 0.29) is 11.4 Å². The molecule has 0 bridgehead atoms. The Morgan fingerprint density at radius 2 is 1.94 bits per heavy atom. The Bertz CT molecular complexity index is 1050. The van der Waals surface area contributed by atoms with Crippen molar-refractivity contribution in [1.82, 2.24) is 4.90 Å². The van der Waals surface area contributed by atoms with Crippen molar-refractivity contribution < 1.29 is 23.9 Å². The molecule has 2 aromatic rings. The summed E-state index contributed by atoms with van der Waals surface area (Å²) in [4.78, 5) is 38.4. The zero-order valence-electron chi connectivity index (χ0n) is 17.2. The van der Waals surface area contributed by atoms with Crippen LogP contribution in [0.15, 0.2) is 41.3 Å². The van der Waals surface area contributed by atoms with E-state index in [9.17, 15) is 14.4 Å². The molecular formula is C22H21ClN2O5S. The quantitative estimate of drug-likeness (QED) is 0.601. The Morgan fingerprint density at radius 1 is 1.23 bits per heavy atom. The van der Waals surface area contributed by atoms with E-state index in [0.29, 0.717) is 34.4 Å². The van der Waals surface area contributed by atoms with Gasteiger partial charge in [-0.3, -0.25) is 19.3 Å². The fourth-order valence-electron chi connectivity index (χ4n) is 2.88. The van der Waals surface area contributed by atoms with E-state index in [1.165, 1.54) is 13.2 Å². The predicted molar refractivity (Wildman–Crippen MR) is 122 cm³/mol. The molecule has 1 fully saturated rings. The molecule has 1 heterocycles. The maximum Gasteiger partial charge on any atom is 0.294 e. The van der Waals surface area contributed by atoms with Crippen LogP contribution in [0, 0.1) is 6.92 Å². The normalized spacial score (nSPS) is 14.8. The monoisotopic (exact) mass is 460 g/mol. The number of rotatable bonds is 7. The SMILES string of the molecule is CCOc1c(Cl)cc(/C=C2/SC(=O)N(CC(=O)Nc3ccc(C)cc3)C2=O)cc1OC. The van der Waals surface area contributed by atoms with Crippen LogP contribution in [0.2, 0.25) is 5.02 Å². The zero-order valence-corrected chi connectivity index (χ0v) is 18.8. The Morgan fingerprint density at radius 3 is 2.58 bits per heavy atom. The number of carbonyl (C=O) groups excluding carboxylic acids is 3. The van der Waals surface area contributed by atoms with Crippen molar-refractivity contribution in [3.8, 4) is 11.5 Å². The third-order valence-corrected chi connectivity index (χ3v) is 5.54. The van der Waals surface area contributed by atoms with Crippen molar-refractivity contribution in [2.24, 2.45) is 0 Å². The fourth-order valence-corrected chi connectivity index (χ4v) is 3.99. The summed E-state index contributed by atoms with van der Waals surface area (Å²) in [6.45, 7) is 3.81. The van der Waals surface area contributed by atoms with Gasteiger partial charge in [-0.2, -0.15) is 0 Å². The highest BCUT2D eigenvalue weighted by molar-refractivity contribution is 8.18. The molecule has 1 aliphatic rings. The van der Waals surface area contributed by atoms with Crippen LogP contribution in [0.25, 0.3) is 6.08 Å². The first-order valence-electron chi connectivity index (χ1n) is 9.44. The molecule has 0 aliphatic carbocycles. The van der Waals surface area contributed by atoms with Crippen LogP contribution in [-0.4, -0.2) is 42.2 Å². The zero-order chi connectivity index (χ0) is 22.5. The van der Waals surface area contributed by atoms with Gasteiger partial charge in [-0.1, -0.05) is 29.3 Å². The molecule has 0 atom stereocenters. The average molecular weight is 461 g/mol. The van der Waals surface area contributed by atoms with Gasteiger partial charge in [-0.05, 0) is 61.5 Å². The van der Waals surface area contributed by atoms with Gasteiger partial charge in [0.1, 0.15) is 6.54 Å². The molecular weight excluding hydrogens is 440 g/mol. The number of carbonyl (C=O) groups is 3. The minimum atomic E-state index is -0.543. The lowest BCUT2D eigenvalue weighted by atomic mass is 10.1. The number of nitrogens with zero attached hydrogens (tertiary/aromatic N) is 1. The Hall–Kier alpha value is -2.97. The first-order valence-corrected chi connectivity index (χ1v) is 10.6. The topological polar surface area (TPSA) is 84.9 Å². The highest BCUT2D eigenvalue weighted by atomic mass is 35.5. The van der Waals surface area contributed by atoms with Crippen LogP contribution < -0.4 is 14.8 Å². The largest absolute Gasteiger partial charge is 0.493 e. The van der Waals surface area contributed by atoms with Crippen LogP contribution in [0.4, 0.5) is 10.5 Å². The summed E-state index contributed by atoms with van der Waals surface area (Å²) in [6, 6.07) is 10.5. The van der Waals surface area contributed by atoms with Gasteiger partial charge in [0.15, 0.2) is 11.5 Å². The number of amides is 3. The lowest BCUT2D eigenvalue weighted by Crippen LogP contribution is -2.36. The molecule has 3 amide bonds. The molecule has 3 rings (SSSR count). The molecule has 0 radical (unpaired) electrons. The fraction of sp³-hybridized carbons (Fsp3) is 0.227. The van der Waals surface area contributed by atoms with Crippen LogP contribution >= 0.6 is 23.4 Å². The maximum atomic E-state index is 12.7. The van der Waals surface area contributed by atoms with Crippen molar-refractivity contribution in [2.45, 2.75) is 13.8 Å². The van der Waals surface area contributed by atoms with E-state index >= 15 is 0 Å². The van der Waals surface area contributed by atoms with Crippen LogP contribution in [0.5, 0.6) is 11.5 Å². The van der Waals surface area contributed by atoms with E-state index in [0.717, 1.165) is 22.2 Å². The third-order valence-electron chi connectivity index (χ3n) is 4.35. The Balaban J connectivity index is 1.75. The molecule has 162 valence electrons. The number of benzene rings is 2. The number of ether oxygens (including phenoxy) is 2. The lowest BCUT2D eigenvalue weighted by Gasteiger charge is -2.13. The number of thioether (sulfide) groups is 1. The second kappa shape index (κ2) is 9.89. The van der Waals surface area contributed by atoms with Gasteiger partial charge in [0.2, 0.25) is 5.91 Å². The summed E-state index contributed by atoms with van der Waals surface area (Å²) in [7, 11) is 1.48. The van der Waals surface area contributed by atoms with E-state index < -0.39 is 17.1 Å². The van der Waals surface area contributed by atoms with Crippen LogP contribution in [0.1, 0.15) is 18.1 Å². The van der Waals surface area contributed by atoms with Gasteiger partial charge >= 0.3 is 0 Å². The molecule has 9 heteroatoms. The summed E-state index contributed by atoms with van der Waals surface area (Å²) in [5.41, 5.74) is 2.22. The highest BCUT2D eigenvalue weighted by Gasteiger charge is 2.36. The molecule has 0 aromatic heterocycles. The smallest absolute Gasteiger partial charge is 0.294 e. The van der Waals surface area contributed by atoms with E-state index in [1.54, 1.807) is 24.3 Å². The lowest BCUT2D eigenvalue weighted by molar-refractivity contribution is -0.127. The van der Waals surface area contributed by atoms with Gasteiger partial charge in [0.25, 0.3) is 11.1 Å². The predicted octanol–water partition coefficient (Wildman–Crippen LogP) is 4.73. The summed E-state index contributed by atoms with van der Waals surface area (Å²) in [5, 5.41) is 2.49. The number of hydrogen-bond donors (Lipinski definition) is 1. The molecule has 2 aromatic carbocycles. The molecule has 1 aliphatic heterocycles. The van der Waals surface area contributed by atoms with Crippen molar-refractivity contribution in [3.05, 3.63) is 57.5 Å². The standard InChI is InChI=1S/C22H21ClN2O5S/c1-4-30-20-16(23)9-14(10-17(20)29-3)11-18-21(27)25(22(28)31-18)12-19(26)24-15-7-5-13(2)6-8-15/h5-11H,4,12H2,1-3H3,(H,24,26)/b18-11+. The molecule has 0 saturated carbocycles. The van der Waals surface area contributed by atoms with Crippen molar-refractivity contribution in [1.29, 1.82) is 0 Å². The number of imide groups is 1. The summed E-state index contributed by atoms with van der Waals surface area (Å²) >= 11 is 7.03. The summed E-state index contributed by atoms with van der Waals surface area (Å²) in [5.74, 6) is -0.182. The first-order chi connectivity index (χ1) is 14.8. The number of nitrogens with one attached hydrogen (secondary N) is 1. The van der Waals surface area contributed by atoms with Crippen molar-refractivity contribution in [2.75, 3.05) is 25.6 Å². The second-order valence-corrected chi connectivity index (χ2v) is 8.05. The molecule has 31 heavy (non-hydrogen) atoms. The van der Waals surface area contributed by atoms with Gasteiger partial charge in [0.05, 0.1) is 23.6 Å². The van der Waals surface area contributed by atoms with Gasteiger partial charge in [-0.15, -0.1) is 0 Å². The Labute approximate surface area is 189 Å². The minimum Gasteiger partial charge on any atom is -0.493 e. The number of halogens is 1. The van der Waals surface area contributed by atoms with E-state index in [1.807, 2.05) is 26.0 Å². The Kier molecular flexibility index (Phi) is 7.25. The van der Waals surface area contributed by atoms with Crippen LogP contribution in [-0.2, 0) is 9.59 Å². The third kappa shape index (κ3) is 5.39. The molecule has 7 nitrogen and oxygen atoms in total. The van der Waals surface area contributed by atoms with Gasteiger partial charge < -0.3 is 14.8 Å². The summed E-state index contributed by atoms with van der Waals surface area (Å²) < 4.78 is 10.8. The van der Waals surface area contributed by atoms with Crippen LogP contribution in [0.3, 0.4) is 0 Å². The number of aryl methyl sites for hydroxylation is 1. The van der Waals surface area contributed by atoms with Gasteiger partial charge in [0, 0.05) is 5.69 Å². The van der Waals surface area contributed by atoms with Crippen molar-refractivity contribution in [3.63, 3.8) is 0 Å². The molecule has 1 saturated heterocycles. The van der Waals surface area contributed by atoms with Gasteiger partial charge in [-0.25, -0.2) is 0 Å². The molecule has 0 unspecified atom stereocenters. The number of anilines is 1. The van der Waals surface area contributed by atoms with E-state index in [2.05, 4.69) is 5.32 Å². The molecule has 1 N–H and O–H groups in total. The average Bonchev–Trinajstić information content (AvgIpc) is 2.98. The van der Waals surface area contributed by atoms with Crippen molar-refractivity contribution >= 4 is 52.2 Å². The minimum absolute atomic E-state index is 0.190.